The van der Waals surface area contributed by atoms with Gasteiger partial charge in [0.2, 0.25) is 0 Å². The lowest BCUT2D eigenvalue weighted by atomic mass is 9.98. The van der Waals surface area contributed by atoms with Crippen LogP contribution in [0.4, 0.5) is 0 Å². The third-order valence-corrected chi connectivity index (χ3v) is 6.68. The quantitative estimate of drug-likeness (QED) is 0.793. The van der Waals surface area contributed by atoms with Gasteiger partial charge in [-0.25, -0.2) is 4.72 Å². The smallest absolute Gasteiger partial charge is 0.202 e. The van der Waals surface area contributed by atoms with Crippen LogP contribution in [0.2, 0.25) is 0 Å². The average Bonchev–Trinajstić information content (AvgIpc) is 2.84. The maximum Gasteiger partial charge on any atom is 0.279 e. The highest BCUT2D eigenvalue weighted by Gasteiger charge is 2.32. The number of hydrogen-bond donors (Lipinski definition) is 1. The van der Waals surface area contributed by atoms with Gasteiger partial charge in [0, 0.05) is 25.0 Å². The van der Waals surface area contributed by atoms with Gasteiger partial charge in [0.05, 0.1) is 0 Å². The van der Waals surface area contributed by atoms with Crippen LogP contribution in [-0.4, -0.2) is 37.7 Å². The fourth-order valence-electron chi connectivity index (χ4n) is 3.31. The monoisotopic (exact) mass is 308 g/mol. The van der Waals surface area contributed by atoms with Crippen molar-refractivity contribution < 1.29 is 8.42 Å². The van der Waals surface area contributed by atoms with Crippen molar-refractivity contribution in [3.63, 3.8) is 0 Å². The number of rotatable bonds is 5. The summed E-state index contributed by atoms with van der Waals surface area (Å²) in [6.45, 7) is 3.19. The van der Waals surface area contributed by atoms with E-state index in [1.807, 2.05) is 6.92 Å². The molecule has 2 fully saturated rings. The predicted molar refractivity (Wildman–Crippen MR) is 78.5 cm³/mol. The second-order valence-corrected chi connectivity index (χ2v) is 7.93. The maximum absolute atomic E-state index is 12.3. The molecule has 0 radical (unpaired) electrons. The van der Waals surface area contributed by atoms with Crippen LogP contribution in [0.5, 0.6) is 0 Å². The van der Waals surface area contributed by atoms with E-state index >= 15 is 0 Å². The summed E-state index contributed by atoms with van der Waals surface area (Å²) in [5.41, 5.74) is 0. The van der Waals surface area contributed by atoms with Gasteiger partial charge in [-0.2, -0.15) is 12.7 Å². The van der Waals surface area contributed by atoms with Crippen molar-refractivity contribution in [3.05, 3.63) is 0 Å². The molecular weight excluding hydrogens is 284 g/mol. The van der Waals surface area contributed by atoms with Gasteiger partial charge in [0.25, 0.3) is 10.2 Å². The van der Waals surface area contributed by atoms with Crippen LogP contribution in [0.25, 0.3) is 0 Å². The van der Waals surface area contributed by atoms with Crippen LogP contribution in [0.1, 0.15) is 45.4 Å². The number of alkyl halides is 1. The summed E-state index contributed by atoms with van der Waals surface area (Å²) in [4.78, 5) is 0. The third-order valence-electron chi connectivity index (χ3n) is 4.59. The molecule has 1 aliphatic carbocycles. The van der Waals surface area contributed by atoms with E-state index in [9.17, 15) is 8.42 Å². The molecule has 19 heavy (non-hydrogen) atoms. The van der Waals surface area contributed by atoms with Crippen molar-refractivity contribution in [2.24, 2.45) is 11.8 Å². The van der Waals surface area contributed by atoms with Crippen molar-refractivity contribution in [3.8, 4) is 0 Å². The zero-order valence-corrected chi connectivity index (χ0v) is 13.2. The van der Waals surface area contributed by atoms with E-state index < -0.39 is 10.2 Å². The van der Waals surface area contributed by atoms with E-state index in [2.05, 4.69) is 4.72 Å². The highest BCUT2D eigenvalue weighted by atomic mass is 35.5. The molecule has 2 aliphatic rings. The Morgan fingerprint density at radius 3 is 2.58 bits per heavy atom. The molecule has 0 spiro atoms. The Morgan fingerprint density at radius 1 is 1.16 bits per heavy atom. The molecule has 2 rings (SSSR count). The molecule has 3 atom stereocenters. The van der Waals surface area contributed by atoms with Crippen molar-refractivity contribution in [1.82, 2.24) is 9.03 Å². The molecule has 1 saturated heterocycles. The minimum absolute atomic E-state index is 0.124. The van der Waals surface area contributed by atoms with Crippen molar-refractivity contribution >= 4 is 21.8 Å². The summed E-state index contributed by atoms with van der Waals surface area (Å²) in [6.07, 6.45) is 6.47. The van der Waals surface area contributed by atoms with E-state index in [0.29, 0.717) is 30.8 Å². The number of hydrogen-bond acceptors (Lipinski definition) is 2. The summed E-state index contributed by atoms with van der Waals surface area (Å²) >= 11 is 5.94. The maximum atomic E-state index is 12.3. The van der Waals surface area contributed by atoms with E-state index in [1.165, 1.54) is 6.42 Å². The summed E-state index contributed by atoms with van der Waals surface area (Å²) < 4.78 is 29.1. The molecule has 112 valence electrons. The highest BCUT2D eigenvalue weighted by molar-refractivity contribution is 7.87. The first-order valence-electron chi connectivity index (χ1n) is 7.37. The number of nitrogens with one attached hydrogen (secondary N) is 1. The lowest BCUT2D eigenvalue weighted by Crippen LogP contribution is -2.49. The van der Waals surface area contributed by atoms with Gasteiger partial charge in [-0.15, -0.1) is 11.6 Å². The van der Waals surface area contributed by atoms with Gasteiger partial charge in [0.15, 0.2) is 0 Å². The molecule has 0 aromatic rings. The Labute approximate surface area is 122 Å². The zero-order valence-electron chi connectivity index (χ0n) is 11.6. The van der Waals surface area contributed by atoms with Crippen molar-refractivity contribution in [2.75, 3.05) is 19.0 Å². The third kappa shape index (κ3) is 3.84. The molecule has 1 N–H and O–H groups in total. The molecule has 1 saturated carbocycles. The molecular formula is C13H25ClN2O2S. The van der Waals surface area contributed by atoms with Gasteiger partial charge in [-0.05, 0) is 44.4 Å². The second kappa shape index (κ2) is 6.74. The zero-order chi connectivity index (χ0) is 13.9. The Bertz CT molecular complexity index is 388. The SMILES string of the molecule is CC1CCCCN1S(=O)(=O)NCC1CCCC1CCl. The molecule has 0 aromatic carbocycles. The van der Waals surface area contributed by atoms with Crippen molar-refractivity contribution in [1.29, 1.82) is 0 Å². The summed E-state index contributed by atoms with van der Waals surface area (Å²) in [5.74, 6) is 1.53. The molecule has 3 unspecified atom stereocenters. The number of piperidine rings is 1. The van der Waals surface area contributed by atoms with Crippen LogP contribution in [0.3, 0.4) is 0 Å². The van der Waals surface area contributed by atoms with Crippen LogP contribution in [0.15, 0.2) is 0 Å². The van der Waals surface area contributed by atoms with Crippen LogP contribution in [0, 0.1) is 11.8 Å². The Kier molecular flexibility index (Phi) is 5.52. The predicted octanol–water partition coefficient (Wildman–Crippen LogP) is 2.35. The van der Waals surface area contributed by atoms with Gasteiger partial charge in [0.1, 0.15) is 0 Å². The summed E-state index contributed by atoms with van der Waals surface area (Å²) in [5, 5.41) is 0. The average molecular weight is 309 g/mol. The first kappa shape index (κ1) is 15.5. The molecule has 4 nitrogen and oxygen atoms in total. The Balaban J connectivity index is 1.90. The Hall–Kier alpha value is 0.160. The highest BCUT2D eigenvalue weighted by Crippen LogP contribution is 2.32. The van der Waals surface area contributed by atoms with Gasteiger partial charge >= 0.3 is 0 Å². The lowest BCUT2D eigenvalue weighted by molar-refractivity contribution is 0.263. The molecule has 1 heterocycles. The molecule has 0 bridgehead atoms. The van der Waals surface area contributed by atoms with E-state index in [-0.39, 0.29) is 6.04 Å². The largest absolute Gasteiger partial charge is 0.279 e. The summed E-state index contributed by atoms with van der Waals surface area (Å²) in [6, 6.07) is 0.124. The number of halogens is 1. The Morgan fingerprint density at radius 2 is 1.89 bits per heavy atom. The fourth-order valence-corrected chi connectivity index (χ4v) is 5.26. The minimum atomic E-state index is -3.31. The fraction of sp³-hybridized carbons (Fsp3) is 1.00. The molecule has 6 heteroatoms. The van der Waals surface area contributed by atoms with Gasteiger partial charge in [-0.1, -0.05) is 12.8 Å². The van der Waals surface area contributed by atoms with Crippen LogP contribution in [-0.2, 0) is 10.2 Å². The van der Waals surface area contributed by atoms with E-state index in [0.717, 1.165) is 32.1 Å². The molecule has 0 aromatic heterocycles. The second-order valence-electron chi connectivity index (χ2n) is 5.91. The normalized spacial score (nSPS) is 33.7. The minimum Gasteiger partial charge on any atom is -0.202 e. The molecule has 0 amide bonds. The van der Waals surface area contributed by atoms with E-state index in [4.69, 9.17) is 11.6 Å². The topological polar surface area (TPSA) is 49.4 Å². The molecule has 1 aliphatic heterocycles. The van der Waals surface area contributed by atoms with Crippen LogP contribution >= 0.6 is 11.6 Å². The van der Waals surface area contributed by atoms with Gasteiger partial charge in [-0.3, -0.25) is 0 Å². The van der Waals surface area contributed by atoms with E-state index in [1.54, 1.807) is 4.31 Å². The standard InChI is InChI=1S/C13H25ClN2O2S/c1-11-5-2-3-8-16(11)19(17,18)15-10-13-7-4-6-12(13)9-14/h11-13,15H,2-10H2,1H3. The van der Waals surface area contributed by atoms with Crippen LogP contribution < -0.4 is 4.72 Å². The first-order valence-corrected chi connectivity index (χ1v) is 9.34. The van der Waals surface area contributed by atoms with Crippen molar-refractivity contribution in [2.45, 2.75) is 51.5 Å². The van der Waals surface area contributed by atoms with Gasteiger partial charge < -0.3 is 0 Å². The first-order chi connectivity index (χ1) is 9.04. The lowest BCUT2D eigenvalue weighted by Gasteiger charge is -2.32. The number of nitrogens with zero attached hydrogens (tertiary/aromatic N) is 1. The summed E-state index contributed by atoms with van der Waals surface area (Å²) in [7, 11) is -3.31.